The molecule has 0 spiro atoms. The van der Waals surface area contributed by atoms with Crippen LogP contribution < -0.4 is 10.6 Å². The monoisotopic (exact) mass is 518 g/mol. The highest BCUT2D eigenvalue weighted by Gasteiger charge is 2.58. The third-order valence-electron chi connectivity index (χ3n) is 7.90. The van der Waals surface area contributed by atoms with Gasteiger partial charge in [0, 0.05) is 55.7 Å². The Balaban J connectivity index is 0.00000240. The minimum absolute atomic E-state index is 0. The quantitative estimate of drug-likeness (QED) is 0.334. The number of halogens is 1. The van der Waals surface area contributed by atoms with E-state index in [0.717, 1.165) is 25.2 Å². The van der Waals surface area contributed by atoms with E-state index < -0.39 is 0 Å². The van der Waals surface area contributed by atoms with Gasteiger partial charge in [0.05, 0.1) is 6.10 Å². The van der Waals surface area contributed by atoms with Crippen molar-refractivity contribution in [2.24, 2.45) is 16.3 Å². The number of guanidine groups is 1. The molecule has 0 aromatic carbocycles. The van der Waals surface area contributed by atoms with Crippen molar-refractivity contribution in [3.63, 3.8) is 0 Å². The van der Waals surface area contributed by atoms with Crippen LogP contribution in [0.2, 0.25) is 0 Å². The highest BCUT2D eigenvalue weighted by molar-refractivity contribution is 14.0. The number of fused-ring (bicyclic) bond motifs is 1. The van der Waals surface area contributed by atoms with Crippen LogP contribution in [0.5, 0.6) is 0 Å². The first-order valence-corrected chi connectivity index (χ1v) is 12.0. The van der Waals surface area contributed by atoms with E-state index in [0.29, 0.717) is 24.1 Å². The van der Waals surface area contributed by atoms with Gasteiger partial charge in [-0.25, -0.2) is 0 Å². The van der Waals surface area contributed by atoms with Gasteiger partial charge in [-0.1, -0.05) is 33.1 Å². The van der Waals surface area contributed by atoms with E-state index in [-0.39, 0.29) is 29.4 Å². The Bertz CT molecular complexity index is 541. The molecule has 0 radical (unpaired) electrons. The lowest BCUT2D eigenvalue weighted by atomic mass is 9.55. The number of rotatable bonds is 4. The molecular formula is C23H43IN4O. The van der Waals surface area contributed by atoms with Gasteiger partial charge in [0.1, 0.15) is 0 Å². The molecule has 2 heterocycles. The van der Waals surface area contributed by atoms with E-state index in [2.05, 4.69) is 36.3 Å². The van der Waals surface area contributed by atoms with Crippen LogP contribution in [0.4, 0.5) is 0 Å². The number of nitrogens with one attached hydrogen (secondary N) is 2. The van der Waals surface area contributed by atoms with Crippen molar-refractivity contribution in [1.82, 2.24) is 15.5 Å². The minimum Gasteiger partial charge on any atom is -0.377 e. The van der Waals surface area contributed by atoms with Crippen LogP contribution >= 0.6 is 24.0 Å². The molecule has 4 fully saturated rings. The predicted molar refractivity (Wildman–Crippen MR) is 131 cm³/mol. The number of nitrogens with zero attached hydrogens (tertiary/aromatic N) is 2. The van der Waals surface area contributed by atoms with E-state index in [1.807, 2.05) is 0 Å². The highest BCUT2D eigenvalue weighted by Crippen LogP contribution is 2.51. The van der Waals surface area contributed by atoms with Crippen LogP contribution in [-0.2, 0) is 4.74 Å². The van der Waals surface area contributed by atoms with Crippen molar-refractivity contribution >= 4 is 29.9 Å². The summed E-state index contributed by atoms with van der Waals surface area (Å²) in [5.41, 5.74) is 0.186. The lowest BCUT2D eigenvalue weighted by molar-refractivity contribution is -0.188. The molecule has 2 aliphatic heterocycles. The molecule has 29 heavy (non-hydrogen) atoms. The Kier molecular flexibility index (Phi) is 8.53. The SMILES string of the molecule is CCN=C(NC1CCN(C2CCCCC2)CC1)NC1C2CCCOC2C1(C)C.I. The maximum Gasteiger partial charge on any atom is 0.191 e. The molecule has 0 bridgehead atoms. The van der Waals surface area contributed by atoms with Crippen LogP contribution in [0.15, 0.2) is 4.99 Å². The molecular weight excluding hydrogens is 475 g/mol. The number of hydrogen-bond donors (Lipinski definition) is 2. The normalized spacial score (nSPS) is 33.9. The first kappa shape index (κ1) is 23.6. The molecule has 0 amide bonds. The van der Waals surface area contributed by atoms with Crippen LogP contribution in [0.25, 0.3) is 0 Å². The van der Waals surface area contributed by atoms with Gasteiger partial charge >= 0.3 is 0 Å². The molecule has 6 heteroatoms. The third kappa shape index (κ3) is 5.22. The number of hydrogen-bond acceptors (Lipinski definition) is 3. The molecule has 3 unspecified atom stereocenters. The van der Waals surface area contributed by atoms with Crippen LogP contribution in [-0.4, -0.2) is 61.3 Å². The van der Waals surface area contributed by atoms with Crippen LogP contribution in [0, 0.1) is 11.3 Å². The van der Waals surface area contributed by atoms with E-state index >= 15 is 0 Å². The molecule has 4 aliphatic rings. The third-order valence-corrected chi connectivity index (χ3v) is 7.90. The summed E-state index contributed by atoms with van der Waals surface area (Å²) in [6.45, 7) is 11.1. The van der Waals surface area contributed by atoms with E-state index in [4.69, 9.17) is 9.73 Å². The molecule has 2 saturated carbocycles. The second-order valence-corrected chi connectivity index (χ2v) is 10.1. The van der Waals surface area contributed by atoms with Crippen molar-refractivity contribution in [3.05, 3.63) is 0 Å². The zero-order valence-corrected chi connectivity index (χ0v) is 21.1. The summed E-state index contributed by atoms with van der Waals surface area (Å²) in [4.78, 5) is 7.56. The van der Waals surface area contributed by atoms with E-state index in [9.17, 15) is 0 Å². The molecule has 2 aliphatic carbocycles. The van der Waals surface area contributed by atoms with Gasteiger partial charge in [-0.2, -0.15) is 0 Å². The summed E-state index contributed by atoms with van der Waals surface area (Å²) >= 11 is 0. The molecule has 2 saturated heterocycles. The molecule has 2 N–H and O–H groups in total. The first-order chi connectivity index (χ1) is 13.6. The summed E-state index contributed by atoms with van der Waals surface area (Å²) in [6, 6.07) is 1.88. The zero-order chi connectivity index (χ0) is 19.6. The molecule has 5 nitrogen and oxygen atoms in total. The van der Waals surface area contributed by atoms with Gasteiger partial charge in [0.25, 0.3) is 0 Å². The van der Waals surface area contributed by atoms with Gasteiger partial charge in [0.15, 0.2) is 5.96 Å². The lowest BCUT2D eigenvalue weighted by Gasteiger charge is -2.60. The average molecular weight is 519 g/mol. The van der Waals surface area contributed by atoms with Crippen molar-refractivity contribution in [2.75, 3.05) is 26.2 Å². The number of piperidine rings is 1. The van der Waals surface area contributed by atoms with Gasteiger partial charge in [-0.3, -0.25) is 4.99 Å². The second-order valence-electron chi connectivity index (χ2n) is 10.1. The van der Waals surface area contributed by atoms with Crippen molar-refractivity contribution < 1.29 is 4.74 Å². The molecule has 0 aromatic rings. The summed E-state index contributed by atoms with van der Waals surface area (Å²) in [5, 5.41) is 7.60. The van der Waals surface area contributed by atoms with Crippen LogP contribution in [0.1, 0.15) is 78.6 Å². The Labute approximate surface area is 195 Å². The fraction of sp³-hybridized carbons (Fsp3) is 0.957. The maximum atomic E-state index is 6.08. The Hall–Kier alpha value is -0.0800. The highest BCUT2D eigenvalue weighted by atomic mass is 127. The number of ether oxygens (including phenoxy) is 1. The Morgan fingerprint density at radius 1 is 1.00 bits per heavy atom. The zero-order valence-electron chi connectivity index (χ0n) is 18.8. The molecule has 168 valence electrons. The van der Waals surface area contributed by atoms with E-state index in [1.54, 1.807) is 0 Å². The van der Waals surface area contributed by atoms with Crippen molar-refractivity contribution in [1.29, 1.82) is 0 Å². The summed E-state index contributed by atoms with van der Waals surface area (Å²) < 4.78 is 6.08. The van der Waals surface area contributed by atoms with Gasteiger partial charge in [0.2, 0.25) is 0 Å². The molecule has 4 rings (SSSR count). The Morgan fingerprint density at radius 2 is 1.72 bits per heavy atom. The summed E-state index contributed by atoms with van der Waals surface area (Å²) in [6.07, 6.45) is 12.5. The summed E-state index contributed by atoms with van der Waals surface area (Å²) in [7, 11) is 0. The standard InChI is InChI=1S/C23H42N4O.HI/c1-4-24-22(26-20-19-11-8-16-28-21(19)23(20,2)3)25-17-12-14-27(15-13-17)18-9-6-5-7-10-18;/h17-21H,4-16H2,1-3H3,(H2,24,25,26);1H. The smallest absolute Gasteiger partial charge is 0.191 e. The van der Waals surface area contributed by atoms with E-state index in [1.165, 1.54) is 70.9 Å². The number of aliphatic imine (C=N–C) groups is 1. The van der Waals surface area contributed by atoms with Crippen LogP contribution in [0.3, 0.4) is 0 Å². The summed E-state index contributed by atoms with van der Waals surface area (Å²) in [5.74, 6) is 1.67. The molecule has 3 atom stereocenters. The minimum atomic E-state index is 0. The number of likely N-dealkylation sites (tertiary alicyclic amines) is 1. The largest absolute Gasteiger partial charge is 0.377 e. The lowest BCUT2D eigenvalue weighted by Crippen LogP contribution is -2.71. The fourth-order valence-electron chi connectivity index (χ4n) is 6.30. The van der Waals surface area contributed by atoms with Gasteiger partial charge in [-0.15, -0.1) is 24.0 Å². The first-order valence-electron chi connectivity index (χ1n) is 12.0. The van der Waals surface area contributed by atoms with Gasteiger partial charge in [-0.05, 0) is 45.4 Å². The Morgan fingerprint density at radius 3 is 2.41 bits per heavy atom. The molecule has 0 aromatic heterocycles. The van der Waals surface area contributed by atoms with Crippen molar-refractivity contribution in [3.8, 4) is 0 Å². The average Bonchev–Trinajstić information content (AvgIpc) is 2.73. The maximum absolute atomic E-state index is 6.08. The topological polar surface area (TPSA) is 48.9 Å². The predicted octanol–water partition coefficient (Wildman–Crippen LogP) is 4.16. The van der Waals surface area contributed by atoms with Crippen molar-refractivity contribution in [2.45, 2.75) is 103 Å². The van der Waals surface area contributed by atoms with Gasteiger partial charge < -0.3 is 20.3 Å². The second kappa shape index (κ2) is 10.5. The fourth-order valence-corrected chi connectivity index (χ4v) is 6.30.